The van der Waals surface area contributed by atoms with Crippen LogP contribution in [0.3, 0.4) is 0 Å². The highest BCUT2D eigenvalue weighted by molar-refractivity contribution is 7.85. The highest BCUT2D eigenvalue weighted by atomic mass is 35.5. The summed E-state index contributed by atoms with van der Waals surface area (Å²) in [5.41, 5.74) is -0.138. The lowest BCUT2D eigenvalue weighted by atomic mass is 10.3. The van der Waals surface area contributed by atoms with Crippen molar-refractivity contribution in [3.8, 4) is 0 Å². The molecule has 1 aromatic carbocycles. The molecule has 1 aliphatic heterocycles. The first-order chi connectivity index (χ1) is 11.9. The van der Waals surface area contributed by atoms with Gasteiger partial charge < -0.3 is 5.11 Å². The number of fused-ring (bicyclic) bond motifs is 1. The third-order valence-electron chi connectivity index (χ3n) is 3.61. The van der Waals surface area contributed by atoms with Crippen molar-refractivity contribution in [1.29, 1.82) is 0 Å². The largest absolute Gasteiger partial charge is 0.481 e. The van der Waals surface area contributed by atoms with Crippen LogP contribution in [0.15, 0.2) is 26.8 Å². The van der Waals surface area contributed by atoms with Crippen LogP contribution >= 0.6 is 22.9 Å². The molecule has 0 radical (unpaired) electrons. The summed E-state index contributed by atoms with van der Waals surface area (Å²) in [6.45, 7) is 1.19. The quantitative estimate of drug-likeness (QED) is 0.838. The molecule has 0 saturated heterocycles. The standard InChI is InChI=1S/C14H13ClFN3O4S2/c15-8-5-9(16)10(6-11(8)25(23)7-12(20)21)17-13-18-3-1-2-4-19(18)14(22)24-13/h5-6H,1-4,7H2,(H,20,21). The number of carboxylic acid groups (broad SMARTS) is 1. The van der Waals surface area contributed by atoms with Crippen molar-refractivity contribution in [2.24, 2.45) is 4.99 Å². The smallest absolute Gasteiger partial charge is 0.325 e. The van der Waals surface area contributed by atoms with E-state index in [9.17, 15) is 18.2 Å². The summed E-state index contributed by atoms with van der Waals surface area (Å²) < 4.78 is 29.5. The van der Waals surface area contributed by atoms with Crippen LogP contribution in [-0.2, 0) is 28.7 Å². The van der Waals surface area contributed by atoms with Crippen molar-refractivity contribution >= 4 is 45.4 Å². The molecule has 0 amide bonds. The molecule has 11 heteroatoms. The number of aromatic nitrogens is 2. The Bertz CT molecular complexity index is 995. The average Bonchev–Trinajstić information content (AvgIpc) is 2.86. The van der Waals surface area contributed by atoms with Gasteiger partial charge in [0.2, 0.25) is 4.80 Å². The van der Waals surface area contributed by atoms with Crippen LogP contribution in [0.25, 0.3) is 0 Å². The van der Waals surface area contributed by atoms with Gasteiger partial charge in [0.05, 0.1) is 20.7 Å². The van der Waals surface area contributed by atoms with Crippen LogP contribution in [0.1, 0.15) is 12.8 Å². The molecule has 0 saturated carbocycles. The predicted molar refractivity (Wildman–Crippen MR) is 91.3 cm³/mol. The van der Waals surface area contributed by atoms with E-state index in [1.807, 2.05) is 0 Å². The van der Waals surface area contributed by atoms with Crippen LogP contribution < -0.4 is 9.67 Å². The summed E-state index contributed by atoms with van der Waals surface area (Å²) >= 11 is 6.77. The molecule has 3 rings (SSSR count). The Morgan fingerprint density at radius 2 is 2.04 bits per heavy atom. The van der Waals surface area contributed by atoms with Crippen molar-refractivity contribution in [1.82, 2.24) is 9.36 Å². The summed E-state index contributed by atoms with van der Waals surface area (Å²) in [5.74, 6) is -2.64. The molecule has 7 nitrogen and oxygen atoms in total. The zero-order chi connectivity index (χ0) is 18.1. The SMILES string of the molecule is O=C(O)CS(=O)c1cc(N=c2sc(=O)n3n2CCCC3)c(F)cc1Cl. The van der Waals surface area contributed by atoms with E-state index in [2.05, 4.69) is 4.99 Å². The van der Waals surface area contributed by atoms with Crippen LogP contribution in [0, 0.1) is 5.82 Å². The number of aliphatic carboxylic acids is 1. The predicted octanol–water partition coefficient (Wildman–Crippen LogP) is 1.72. The molecule has 1 aromatic heterocycles. The van der Waals surface area contributed by atoms with E-state index in [-0.39, 0.29) is 20.5 Å². The minimum Gasteiger partial charge on any atom is -0.481 e. The van der Waals surface area contributed by atoms with Gasteiger partial charge in [0.25, 0.3) is 0 Å². The third kappa shape index (κ3) is 3.75. The van der Waals surface area contributed by atoms with Gasteiger partial charge in [-0.2, -0.15) is 0 Å². The summed E-state index contributed by atoms with van der Waals surface area (Å²) in [5, 5.41) is 8.63. The van der Waals surface area contributed by atoms with Gasteiger partial charge in [-0.05, 0) is 36.3 Å². The second kappa shape index (κ2) is 7.22. The van der Waals surface area contributed by atoms with E-state index >= 15 is 0 Å². The second-order valence-corrected chi connectivity index (χ2v) is 8.08. The number of hydrogen-bond donors (Lipinski definition) is 1. The highest BCUT2D eigenvalue weighted by Gasteiger charge is 2.17. The van der Waals surface area contributed by atoms with Crippen LogP contribution in [0.4, 0.5) is 10.1 Å². The van der Waals surface area contributed by atoms with E-state index in [0.717, 1.165) is 30.2 Å². The van der Waals surface area contributed by atoms with Gasteiger partial charge in [0.15, 0.2) is 0 Å². The monoisotopic (exact) mass is 405 g/mol. The van der Waals surface area contributed by atoms with Crippen molar-refractivity contribution in [2.45, 2.75) is 30.8 Å². The Hall–Kier alpha value is -1.78. The van der Waals surface area contributed by atoms with E-state index in [4.69, 9.17) is 16.7 Å². The molecule has 1 atom stereocenters. The molecule has 1 aliphatic rings. The molecule has 0 fully saturated rings. The maximum atomic E-state index is 14.2. The van der Waals surface area contributed by atoms with E-state index < -0.39 is 28.3 Å². The zero-order valence-electron chi connectivity index (χ0n) is 12.8. The second-order valence-electron chi connectivity index (χ2n) is 5.33. The molecule has 134 valence electrons. The normalized spacial score (nSPS) is 15.8. The molecular formula is C14H13ClFN3O4S2. The number of rotatable bonds is 4. The Labute approximate surface area is 152 Å². The Morgan fingerprint density at radius 3 is 2.72 bits per heavy atom. The Kier molecular flexibility index (Phi) is 5.21. The van der Waals surface area contributed by atoms with Crippen LogP contribution in [0.2, 0.25) is 5.02 Å². The molecule has 2 heterocycles. The number of carboxylic acids is 1. The molecule has 0 spiro atoms. The van der Waals surface area contributed by atoms with E-state index in [1.54, 1.807) is 9.36 Å². The van der Waals surface area contributed by atoms with Gasteiger partial charge in [-0.25, -0.2) is 14.1 Å². The highest BCUT2D eigenvalue weighted by Crippen LogP contribution is 2.28. The molecule has 1 N–H and O–H groups in total. The fraction of sp³-hybridized carbons (Fsp3) is 0.357. The van der Waals surface area contributed by atoms with E-state index in [0.29, 0.717) is 17.9 Å². The fourth-order valence-corrected chi connectivity index (χ4v) is 4.69. The van der Waals surface area contributed by atoms with Gasteiger partial charge in [-0.3, -0.25) is 18.5 Å². The molecule has 0 bridgehead atoms. The van der Waals surface area contributed by atoms with Crippen molar-refractivity contribution in [3.63, 3.8) is 0 Å². The van der Waals surface area contributed by atoms with Gasteiger partial charge in [-0.15, -0.1) is 0 Å². The van der Waals surface area contributed by atoms with Gasteiger partial charge in [0, 0.05) is 13.1 Å². The third-order valence-corrected chi connectivity index (χ3v) is 6.24. The molecular weight excluding hydrogens is 393 g/mol. The maximum absolute atomic E-state index is 14.2. The summed E-state index contributed by atoms with van der Waals surface area (Å²) in [7, 11) is -1.93. The van der Waals surface area contributed by atoms with Crippen LogP contribution in [0.5, 0.6) is 0 Å². The molecule has 0 aliphatic carbocycles. The minimum absolute atomic E-state index is 0.00496. The zero-order valence-corrected chi connectivity index (χ0v) is 15.2. The van der Waals surface area contributed by atoms with Crippen LogP contribution in [-0.4, -0.2) is 30.4 Å². The number of carbonyl (C=O) groups is 1. The van der Waals surface area contributed by atoms with Crippen molar-refractivity contribution < 1.29 is 18.5 Å². The van der Waals surface area contributed by atoms with Gasteiger partial charge in [-0.1, -0.05) is 11.6 Å². The molecule has 2 aromatic rings. The average molecular weight is 406 g/mol. The topological polar surface area (TPSA) is 93.7 Å². The first kappa shape index (κ1) is 18.0. The lowest BCUT2D eigenvalue weighted by Gasteiger charge is -2.15. The first-order valence-electron chi connectivity index (χ1n) is 7.31. The lowest BCUT2D eigenvalue weighted by molar-refractivity contribution is -0.133. The number of nitrogens with zero attached hydrogens (tertiary/aromatic N) is 3. The lowest BCUT2D eigenvalue weighted by Crippen LogP contribution is -2.31. The van der Waals surface area contributed by atoms with Crippen molar-refractivity contribution in [3.05, 3.63) is 37.4 Å². The molecule has 25 heavy (non-hydrogen) atoms. The first-order valence-corrected chi connectivity index (χ1v) is 9.83. The number of hydrogen-bond acceptors (Lipinski definition) is 5. The van der Waals surface area contributed by atoms with Crippen molar-refractivity contribution in [2.75, 3.05) is 5.75 Å². The van der Waals surface area contributed by atoms with Gasteiger partial charge in [0.1, 0.15) is 17.3 Å². The summed E-state index contributed by atoms with van der Waals surface area (Å²) in [6, 6.07) is 2.12. The maximum Gasteiger partial charge on any atom is 0.325 e. The minimum atomic E-state index is -1.93. The Morgan fingerprint density at radius 1 is 1.36 bits per heavy atom. The van der Waals surface area contributed by atoms with E-state index in [1.165, 1.54) is 6.07 Å². The Balaban J connectivity index is 2.11. The van der Waals surface area contributed by atoms with Gasteiger partial charge >= 0.3 is 10.8 Å². The number of halogens is 2. The summed E-state index contributed by atoms with van der Waals surface area (Å²) in [6.07, 6.45) is 1.78. The summed E-state index contributed by atoms with van der Waals surface area (Å²) in [4.78, 5) is 27.0. The fourth-order valence-electron chi connectivity index (χ4n) is 2.49. The number of benzene rings is 1. The molecule has 1 unspecified atom stereocenters.